The first-order valence-corrected chi connectivity index (χ1v) is 10.5. The van der Waals surface area contributed by atoms with Crippen molar-refractivity contribution in [1.29, 1.82) is 0 Å². The lowest BCUT2D eigenvalue weighted by molar-refractivity contribution is -0.164. The molecule has 170 valence electrons. The minimum atomic E-state index is -0.722. The number of amides is 3. The van der Waals surface area contributed by atoms with Gasteiger partial charge < -0.3 is 10.1 Å². The Morgan fingerprint density at radius 3 is 2.77 bits per heavy atom. The molecule has 0 radical (unpaired) electrons. The predicted molar refractivity (Wildman–Crippen MR) is 110 cm³/mol. The second-order valence-corrected chi connectivity index (χ2v) is 8.12. The first-order chi connectivity index (χ1) is 14.9. The molecular formula is C20H30N6O5. The Labute approximate surface area is 181 Å². The molecule has 0 aromatic carbocycles. The average molecular weight is 434 g/mol. The fraction of sp³-hybridized carbons (Fsp3) is 0.650. The highest BCUT2D eigenvalue weighted by molar-refractivity contribution is 5.97. The molecule has 0 bridgehead atoms. The number of hydrogen-bond acceptors (Lipinski definition) is 8. The molecule has 1 saturated carbocycles. The largest absolute Gasteiger partial charge is 0.480 e. The van der Waals surface area contributed by atoms with E-state index in [0.717, 1.165) is 25.7 Å². The van der Waals surface area contributed by atoms with Crippen LogP contribution in [0.5, 0.6) is 5.88 Å². The normalized spacial score (nSPS) is 20.5. The number of nitrogens with zero attached hydrogens (tertiary/aromatic N) is 5. The SMILES string of the molecule is COc1cncc(NC(=O)[C@@H]2CCN(C)N2C(=O)[C@H](CC2CCCC2)CN(O)C=O)n1. The van der Waals surface area contributed by atoms with Gasteiger partial charge >= 0.3 is 0 Å². The number of aromatic nitrogens is 2. The molecule has 1 aliphatic carbocycles. The summed E-state index contributed by atoms with van der Waals surface area (Å²) in [6.07, 6.45) is 8.47. The number of rotatable bonds is 9. The minimum absolute atomic E-state index is 0.0983. The highest BCUT2D eigenvalue weighted by Gasteiger charge is 2.41. The van der Waals surface area contributed by atoms with Gasteiger partial charge in [0, 0.05) is 13.6 Å². The van der Waals surface area contributed by atoms with Crippen molar-refractivity contribution in [3.63, 3.8) is 0 Å². The van der Waals surface area contributed by atoms with Crippen LogP contribution in [0.15, 0.2) is 12.4 Å². The summed E-state index contributed by atoms with van der Waals surface area (Å²) >= 11 is 0. The van der Waals surface area contributed by atoms with Crippen LogP contribution in [-0.2, 0) is 14.4 Å². The smallest absolute Gasteiger partial charge is 0.250 e. The van der Waals surface area contributed by atoms with Gasteiger partial charge in [-0.2, -0.15) is 4.98 Å². The van der Waals surface area contributed by atoms with Gasteiger partial charge in [-0.15, -0.1) is 0 Å². The fourth-order valence-corrected chi connectivity index (χ4v) is 4.42. The van der Waals surface area contributed by atoms with Gasteiger partial charge in [0.2, 0.25) is 24.1 Å². The first-order valence-electron chi connectivity index (χ1n) is 10.5. The molecule has 2 N–H and O–H groups in total. The highest BCUT2D eigenvalue weighted by Crippen LogP contribution is 2.32. The Hall–Kier alpha value is -2.79. The molecule has 2 heterocycles. The monoisotopic (exact) mass is 434 g/mol. The van der Waals surface area contributed by atoms with Crippen molar-refractivity contribution in [2.75, 3.05) is 32.6 Å². The molecule has 3 amide bonds. The second kappa shape index (κ2) is 10.5. The summed E-state index contributed by atoms with van der Waals surface area (Å²) in [5, 5.41) is 16.1. The molecule has 11 nitrogen and oxygen atoms in total. The quantitative estimate of drug-likeness (QED) is 0.334. The van der Waals surface area contributed by atoms with Gasteiger partial charge in [-0.05, 0) is 18.8 Å². The van der Waals surface area contributed by atoms with Gasteiger partial charge in [-0.25, -0.2) is 10.1 Å². The van der Waals surface area contributed by atoms with Gasteiger partial charge in [-0.3, -0.25) is 29.6 Å². The van der Waals surface area contributed by atoms with Crippen molar-refractivity contribution < 1.29 is 24.3 Å². The minimum Gasteiger partial charge on any atom is -0.480 e. The van der Waals surface area contributed by atoms with E-state index >= 15 is 0 Å². The predicted octanol–water partition coefficient (Wildman–Crippen LogP) is 0.915. The van der Waals surface area contributed by atoms with E-state index in [2.05, 4.69) is 15.3 Å². The average Bonchev–Trinajstić information content (AvgIpc) is 3.42. The third kappa shape index (κ3) is 5.67. The molecule has 0 unspecified atom stereocenters. The van der Waals surface area contributed by atoms with E-state index < -0.39 is 12.0 Å². The van der Waals surface area contributed by atoms with E-state index in [9.17, 15) is 19.6 Å². The van der Waals surface area contributed by atoms with E-state index in [1.54, 1.807) is 12.1 Å². The third-order valence-electron chi connectivity index (χ3n) is 5.96. The molecule has 1 aliphatic heterocycles. The number of hydrogen-bond donors (Lipinski definition) is 2. The molecule has 1 saturated heterocycles. The lowest BCUT2D eigenvalue weighted by atomic mass is 9.92. The lowest BCUT2D eigenvalue weighted by Gasteiger charge is -2.33. The van der Waals surface area contributed by atoms with E-state index in [-0.39, 0.29) is 30.1 Å². The summed E-state index contributed by atoms with van der Waals surface area (Å²) < 4.78 is 5.03. The van der Waals surface area contributed by atoms with Crippen molar-refractivity contribution in [2.45, 2.75) is 44.6 Å². The Morgan fingerprint density at radius 1 is 1.35 bits per heavy atom. The number of nitrogens with one attached hydrogen (secondary N) is 1. The first kappa shape index (κ1) is 22.9. The van der Waals surface area contributed by atoms with Crippen LogP contribution < -0.4 is 10.1 Å². The maximum atomic E-state index is 13.5. The number of ether oxygens (including phenoxy) is 1. The van der Waals surface area contributed by atoms with Crippen LogP contribution >= 0.6 is 0 Å². The molecule has 3 rings (SSSR count). The van der Waals surface area contributed by atoms with Crippen LogP contribution in [0.3, 0.4) is 0 Å². The zero-order valence-electron chi connectivity index (χ0n) is 17.9. The van der Waals surface area contributed by atoms with Crippen LogP contribution in [0.2, 0.25) is 0 Å². The van der Waals surface area contributed by atoms with Crippen molar-refractivity contribution in [3.8, 4) is 5.88 Å². The molecule has 11 heteroatoms. The molecule has 2 fully saturated rings. The number of methoxy groups -OCH3 is 1. The molecule has 31 heavy (non-hydrogen) atoms. The Kier molecular flexibility index (Phi) is 7.75. The van der Waals surface area contributed by atoms with Crippen molar-refractivity contribution in [3.05, 3.63) is 12.4 Å². The summed E-state index contributed by atoms with van der Waals surface area (Å²) in [6, 6.07) is -0.722. The number of hydroxylamine groups is 2. The van der Waals surface area contributed by atoms with Crippen LogP contribution in [0.4, 0.5) is 5.82 Å². The fourth-order valence-electron chi connectivity index (χ4n) is 4.42. The van der Waals surface area contributed by atoms with Gasteiger partial charge in [-0.1, -0.05) is 25.7 Å². The van der Waals surface area contributed by atoms with Gasteiger partial charge in [0.15, 0.2) is 5.82 Å². The van der Waals surface area contributed by atoms with E-state index in [1.165, 1.54) is 24.5 Å². The zero-order valence-corrected chi connectivity index (χ0v) is 17.9. The summed E-state index contributed by atoms with van der Waals surface area (Å²) in [7, 11) is 3.20. The molecule has 2 atom stereocenters. The topological polar surface area (TPSA) is 128 Å². The summed E-state index contributed by atoms with van der Waals surface area (Å²) in [5.74, 6) is -0.369. The summed E-state index contributed by atoms with van der Waals surface area (Å²) in [4.78, 5) is 45.5. The van der Waals surface area contributed by atoms with Gasteiger partial charge in [0.1, 0.15) is 6.04 Å². The molecule has 1 aromatic heterocycles. The summed E-state index contributed by atoms with van der Waals surface area (Å²) in [5.41, 5.74) is 0. The highest BCUT2D eigenvalue weighted by atomic mass is 16.5. The maximum Gasteiger partial charge on any atom is 0.250 e. The Morgan fingerprint density at radius 2 is 2.10 bits per heavy atom. The molecule has 2 aliphatic rings. The van der Waals surface area contributed by atoms with Crippen LogP contribution in [-0.4, -0.2) is 81.8 Å². The van der Waals surface area contributed by atoms with E-state index in [4.69, 9.17) is 4.74 Å². The molecular weight excluding hydrogens is 404 g/mol. The Balaban J connectivity index is 1.74. The van der Waals surface area contributed by atoms with Crippen molar-refractivity contribution >= 4 is 24.0 Å². The zero-order chi connectivity index (χ0) is 22.4. The lowest BCUT2D eigenvalue weighted by Crippen LogP contribution is -2.52. The van der Waals surface area contributed by atoms with Crippen molar-refractivity contribution in [2.24, 2.45) is 11.8 Å². The number of carbonyl (C=O) groups excluding carboxylic acids is 3. The van der Waals surface area contributed by atoms with E-state index in [0.29, 0.717) is 36.8 Å². The number of carbonyl (C=O) groups is 3. The Bertz CT molecular complexity index is 787. The second-order valence-electron chi connectivity index (χ2n) is 8.12. The van der Waals surface area contributed by atoms with Crippen molar-refractivity contribution in [1.82, 2.24) is 25.0 Å². The maximum absolute atomic E-state index is 13.5. The molecule has 0 spiro atoms. The van der Waals surface area contributed by atoms with Crippen LogP contribution in [0.1, 0.15) is 38.5 Å². The number of hydrazine groups is 1. The van der Waals surface area contributed by atoms with Gasteiger partial charge in [0.05, 0.1) is 32.0 Å². The summed E-state index contributed by atoms with van der Waals surface area (Å²) in [6.45, 7) is 0.430. The standard InChI is InChI=1S/C20H30N6O5/c1-24-8-7-16(19(28)23-17-10-21-11-18(22-17)31-2)26(24)20(29)15(12-25(30)13-27)9-14-5-3-4-6-14/h10-11,13-16,30H,3-9,12H2,1-2H3,(H,22,23,28)/t15-,16+/m1/s1. The van der Waals surface area contributed by atoms with Crippen LogP contribution in [0.25, 0.3) is 0 Å². The molecule has 1 aromatic rings. The van der Waals surface area contributed by atoms with E-state index in [1.807, 2.05) is 0 Å². The van der Waals surface area contributed by atoms with Crippen LogP contribution in [0, 0.1) is 11.8 Å². The van der Waals surface area contributed by atoms with Gasteiger partial charge in [0.25, 0.3) is 0 Å². The number of anilines is 1. The third-order valence-corrected chi connectivity index (χ3v) is 5.96.